The Morgan fingerprint density at radius 1 is 1.06 bits per heavy atom. The van der Waals surface area contributed by atoms with Gasteiger partial charge in [0, 0.05) is 42.3 Å². The van der Waals surface area contributed by atoms with Gasteiger partial charge >= 0.3 is 11.9 Å². The van der Waals surface area contributed by atoms with Crippen LogP contribution in [0.2, 0.25) is 0 Å². The summed E-state index contributed by atoms with van der Waals surface area (Å²) in [6.07, 6.45) is -2.06. The molecule has 4 bridgehead atoms. The lowest BCUT2D eigenvalue weighted by molar-refractivity contribution is -0.300. The van der Waals surface area contributed by atoms with Gasteiger partial charge in [-0.3, -0.25) is 9.69 Å². The van der Waals surface area contributed by atoms with Crippen LogP contribution in [0.5, 0.6) is 0 Å². The Morgan fingerprint density at radius 2 is 1.76 bits per heavy atom. The van der Waals surface area contributed by atoms with Gasteiger partial charge in [0.1, 0.15) is 5.60 Å². The van der Waals surface area contributed by atoms with Crippen molar-refractivity contribution in [3.63, 3.8) is 0 Å². The Balaban J connectivity index is 1.35. The number of aliphatic hydroxyl groups is 6. The van der Waals surface area contributed by atoms with E-state index in [1.54, 1.807) is 20.8 Å². The van der Waals surface area contributed by atoms with E-state index in [1.165, 1.54) is 6.92 Å². The van der Waals surface area contributed by atoms with E-state index in [0.29, 0.717) is 25.3 Å². The van der Waals surface area contributed by atoms with Gasteiger partial charge in [-0.1, -0.05) is 34.6 Å². The summed E-state index contributed by atoms with van der Waals surface area (Å²) in [5, 5.41) is 73.4. The van der Waals surface area contributed by atoms with E-state index in [1.807, 2.05) is 13.8 Å². The number of esters is 2. The number of fused-ring (bicyclic) bond motifs is 5. The quantitative estimate of drug-likeness (QED) is 0.221. The number of carbonyl (C=O) groups is 2. The Bertz CT molecular complexity index is 1360. The van der Waals surface area contributed by atoms with E-state index in [9.17, 15) is 40.2 Å². The molecule has 49 heavy (non-hydrogen) atoms. The van der Waals surface area contributed by atoms with E-state index >= 15 is 0 Å². The van der Waals surface area contributed by atoms with Gasteiger partial charge in [0.15, 0.2) is 17.8 Å². The molecule has 3 saturated heterocycles. The molecule has 0 radical (unpaired) electrons. The van der Waals surface area contributed by atoms with E-state index in [-0.39, 0.29) is 31.7 Å². The molecule has 0 aromatic carbocycles. The number of carbonyl (C=O) groups excluding carboxylic acids is 2. The maximum absolute atomic E-state index is 13.5. The molecule has 3 aliphatic heterocycles. The molecule has 12 heteroatoms. The zero-order chi connectivity index (χ0) is 35.9. The molecule has 278 valence electrons. The topological polar surface area (TPSA) is 186 Å². The van der Waals surface area contributed by atoms with Gasteiger partial charge in [0.05, 0.1) is 29.3 Å². The molecule has 7 rings (SSSR count). The maximum atomic E-state index is 13.5. The van der Waals surface area contributed by atoms with Crippen LogP contribution in [0.1, 0.15) is 99.8 Å². The Kier molecular flexibility index (Phi) is 8.31. The summed E-state index contributed by atoms with van der Waals surface area (Å²) >= 11 is 0. The second-order valence-corrected chi connectivity index (χ2v) is 18.0. The highest BCUT2D eigenvalue weighted by Gasteiger charge is 2.87. The molecular formula is C37H59NO11. The smallest absolute Gasteiger partial charge is 0.338 e. The number of hydrogen-bond acceptors (Lipinski definition) is 12. The van der Waals surface area contributed by atoms with Crippen LogP contribution >= 0.6 is 0 Å². The van der Waals surface area contributed by atoms with Gasteiger partial charge < -0.3 is 44.8 Å². The van der Waals surface area contributed by atoms with Crippen LogP contribution in [0.3, 0.4) is 0 Å². The molecule has 4 aliphatic carbocycles. The van der Waals surface area contributed by atoms with E-state index < -0.39 is 105 Å². The molecular weight excluding hydrogens is 634 g/mol. The molecule has 18 atom stereocenters. The standard InChI is InChI=1S/C37H59NO11/c1-8-19(4)30(41)48-29-27(40)26-20(17-38-16-18(3)10-11-24(38)34(26,7)44)21-15-35-28(36(21,29)45)22(39)14-23-32(35,5)13-12-25(37(23,46)49-35)47-31(42)33(6,43)9-2/h18-29,39-40,43-46H,8-17H2,1-7H3/t18-,19+,20-,21-,22+,23-,24-,25-,26+,27+,28+,29-,32-,33+,34+,35+,36-,37-/m0/s1. The third-order valence-corrected chi connectivity index (χ3v) is 15.4. The average Bonchev–Trinajstić information content (AvgIpc) is 3.31. The molecule has 6 N–H and O–H groups in total. The molecule has 12 nitrogen and oxygen atoms in total. The molecule has 3 heterocycles. The minimum absolute atomic E-state index is 0.0202. The van der Waals surface area contributed by atoms with Gasteiger partial charge in [0.2, 0.25) is 5.79 Å². The van der Waals surface area contributed by atoms with Crippen molar-refractivity contribution in [2.45, 2.75) is 158 Å². The van der Waals surface area contributed by atoms with Crippen molar-refractivity contribution < 1.29 is 54.4 Å². The fourth-order valence-corrected chi connectivity index (χ4v) is 12.5. The summed E-state index contributed by atoms with van der Waals surface area (Å²) < 4.78 is 18.9. The van der Waals surface area contributed by atoms with Crippen LogP contribution in [-0.2, 0) is 23.8 Å². The normalized spacial score (nSPS) is 54.8. The highest BCUT2D eigenvalue weighted by Crippen LogP contribution is 2.77. The summed E-state index contributed by atoms with van der Waals surface area (Å²) in [4.78, 5) is 28.9. The molecule has 7 aliphatic rings. The lowest BCUT2D eigenvalue weighted by atomic mass is 9.49. The largest absolute Gasteiger partial charge is 0.456 e. The highest BCUT2D eigenvalue weighted by molar-refractivity contribution is 5.78. The van der Waals surface area contributed by atoms with Crippen molar-refractivity contribution in [1.82, 2.24) is 4.90 Å². The van der Waals surface area contributed by atoms with Crippen LogP contribution < -0.4 is 0 Å². The zero-order valence-corrected chi connectivity index (χ0v) is 30.2. The number of rotatable bonds is 6. The predicted octanol–water partition coefficient (Wildman–Crippen LogP) is 1.49. The fraction of sp³-hybridized carbons (Fsp3) is 0.946. The summed E-state index contributed by atoms with van der Waals surface area (Å²) in [5.41, 5.74) is -7.23. The Labute approximate surface area is 289 Å². The van der Waals surface area contributed by atoms with Crippen LogP contribution in [0, 0.1) is 46.8 Å². The second kappa shape index (κ2) is 11.3. The number of nitrogens with zero attached hydrogens (tertiary/aromatic N) is 1. The van der Waals surface area contributed by atoms with Crippen molar-refractivity contribution >= 4 is 11.9 Å². The van der Waals surface area contributed by atoms with Crippen molar-refractivity contribution in [2.75, 3.05) is 13.1 Å². The summed E-state index contributed by atoms with van der Waals surface area (Å²) in [6.45, 7) is 13.8. The van der Waals surface area contributed by atoms with Crippen molar-refractivity contribution in [2.24, 2.45) is 46.8 Å². The van der Waals surface area contributed by atoms with E-state index in [0.717, 1.165) is 19.4 Å². The van der Waals surface area contributed by atoms with Crippen molar-refractivity contribution in [3.05, 3.63) is 0 Å². The molecule has 0 amide bonds. The summed E-state index contributed by atoms with van der Waals surface area (Å²) in [5.74, 6) is -7.17. The van der Waals surface area contributed by atoms with Crippen LogP contribution in [0.15, 0.2) is 0 Å². The molecule has 0 aromatic rings. The third-order valence-electron chi connectivity index (χ3n) is 15.4. The molecule has 1 spiro atoms. The van der Waals surface area contributed by atoms with Crippen LogP contribution in [-0.4, -0.2) is 119 Å². The number of hydrogen-bond donors (Lipinski definition) is 6. The number of aliphatic hydroxyl groups excluding tert-OH is 2. The average molecular weight is 694 g/mol. The molecule has 7 fully saturated rings. The zero-order valence-electron chi connectivity index (χ0n) is 30.2. The van der Waals surface area contributed by atoms with E-state index in [2.05, 4.69) is 11.8 Å². The minimum atomic E-state index is -2.02. The van der Waals surface area contributed by atoms with Crippen molar-refractivity contribution in [1.29, 1.82) is 0 Å². The lowest BCUT2D eigenvalue weighted by Crippen LogP contribution is -2.77. The van der Waals surface area contributed by atoms with Crippen LogP contribution in [0.25, 0.3) is 0 Å². The van der Waals surface area contributed by atoms with Crippen LogP contribution in [0.4, 0.5) is 0 Å². The first-order chi connectivity index (χ1) is 22.7. The SMILES string of the molecule is CC[C@@H](C)C(=O)O[C@H]1[C@H](O)[C@H]2[C@@H](CN3C[C@@H](C)CC[C@H]3[C@@]2(C)O)[C@@H]2C[C@]34O[C@]5(O)[C@@H](OC(=O)[C@](C)(O)CC)CC[C@@]3(C)[C@@H]5C[C@@H](O)[C@H]4[C@@]21O. The lowest BCUT2D eigenvalue weighted by Gasteiger charge is -2.64. The maximum Gasteiger partial charge on any atom is 0.338 e. The summed E-state index contributed by atoms with van der Waals surface area (Å²) in [6, 6.07) is -0.218. The highest BCUT2D eigenvalue weighted by atomic mass is 16.7. The second-order valence-electron chi connectivity index (χ2n) is 18.0. The van der Waals surface area contributed by atoms with Gasteiger partial charge in [-0.2, -0.15) is 0 Å². The first-order valence-electron chi connectivity index (χ1n) is 18.9. The Hall–Kier alpha value is -1.38. The van der Waals surface area contributed by atoms with Crippen molar-refractivity contribution in [3.8, 4) is 0 Å². The predicted molar refractivity (Wildman–Crippen MR) is 174 cm³/mol. The van der Waals surface area contributed by atoms with E-state index in [4.69, 9.17) is 14.2 Å². The molecule has 0 unspecified atom stereocenters. The van der Waals surface area contributed by atoms with Gasteiger partial charge in [-0.25, -0.2) is 4.79 Å². The third kappa shape index (κ3) is 4.56. The van der Waals surface area contributed by atoms with Gasteiger partial charge in [-0.15, -0.1) is 0 Å². The minimum Gasteiger partial charge on any atom is -0.456 e. The van der Waals surface area contributed by atoms with Gasteiger partial charge in [0.25, 0.3) is 0 Å². The first kappa shape index (κ1) is 36.0. The number of piperidine rings is 2. The summed E-state index contributed by atoms with van der Waals surface area (Å²) in [7, 11) is 0. The monoisotopic (exact) mass is 693 g/mol. The number of ether oxygens (including phenoxy) is 3. The van der Waals surface area contributed by atoms with Gasteiger partial charge in [-0.05, 0) is 83.0 Å². The molecule has 4 saturated carbocycles. The Morgan fingerprint density at radius 3 is 2.41 bits per heavy atom. The first-order valence-corrected chi connectivity index (χ1v) is 18.9. The molecule has 0 aromatic heterocycles. The fourth-order valence-electron chi connectivity index (χ4n) is 12.5.